The second kappa shape index (κ2) is 9.94. The minimum Gasteiger partial charge on any atom is -0.493 e. The maximum Gasteiger partial charge on any atom is 0.330 e. The van der Waals surface area contributed by atoms with Crippen LogP contribution in [0.4, 0.5) is 0 Å². The summed E-state index contributed by atoms with van der Waals surface area (Å²) in [4.78, 5) is 33.8. The van der Waals surface area contributed by atoms with E-state index in [4.69, 9.17) is 14.5 Å². The van der Waals surface area contributed by atoms with Crippen LogP contribution in [0.1, 0.15) is 76.1 Å². The molecule has 7 unspecified atom stereocenters. The number of aryl methyl sites for hydroxylation is 2. The highest BCUT2D eigenvalue weighted by atomic mass is 16.5. The van der Waals surface area contributed by atoms with Gasteiger partial charge in [0.25, 0.3) is 5.56 Å². The van der Waals surface area contributed by atoms with Gasteiger partial charge in [-0.15, -0.1) is 0 Å². The van der Waals surface area contributed by atoms with E-state index in [2.05, 4.69) is 25.8 Å². The van der Waals surface area contributed by atoms with Gasteiger partial charge in [-0.25, -0.2) is 9.78 Å². The molecule has 4 aliphatic carbocycles. The molecule has 0 spiro atoms. The van der Waals surface area contributed by atoms with E-state index in [0.717, 1.165) is 55.3 Å². The maximum atomic E-state index is 13.1. The predicted molar refractivity (Wildman–Crippen MR) is 166 cm³/mol. The number of ether oxygens (including phenoxy) is 2. The van der Waals surface area contributed by atoms with Crippen LogP contribution >= 0.6 is 0 Å². The first-order chi connectivity index (χ1) is 20.5. The highest BCUT2D eigenvalue weighted by Gasteiger charge is 2.63. The quantitative estimate of drug-likeness (QED) is 0.433. The highest BCUT2D eigenvalue weighted by Crippen LogP contribution is 2.67. The number of hydrogen-bond acceptors (Lipinski definition) is 6. The number of benzene rings is 1. The fraction of sp³-hybridized carbons (Fsp3) is 0.629. The van der Waals surface area contributed by atoms with Crippen molar-refractivity contribution in [3.63, 3.8) is 0 Å². The Hall–Kier alpha value is -3.13. The van der Waals surface area contributed by atoms with Gasteiger partial charge in [0, 0.05) is 12.2 Å². The average molecular weight is 588 g/mol. The van der Waals surface area contributed by atoms with Crippen LogP contribution in [0.15, 0.2) is 33.9 Å². The molecule has 3 saturated carbocycles. The molecule has 8 heteroatoms. The molecule has 0 saturated heterocycles. The average Bonchev–Trinajstić information content (AvgIpc) is 3.23. The number of H-pyrrole nitrogens is 1. The molecule has 43 heavy (non-hydrogen) atoms. The maximum absolute atomic E-state index is 13.1. The highest BCUT2D eigenvalue weighted by molar-refractivity contribution is 5.75. The standard InChI is InChI=1S/C35H45N3O5/c1-33-19-21-17-24-30(38(32(40)37-31(24)39)15-12-20-6-9-28(42-4)29(16-20)43-5)36-27(21)18-22(33)7-8-23-25(33)10-13-34(2)26(23)11-14-35(34,3)41/h6,9,16-17,22-23,25-26,41H,7-8,10-15,18-19H2,1-5H3,(H,37,39,40). The molecule has 3 aromatic rings. The van der Waals surface area contributed by atoms with Crippen LogP contribution in [-0.2, 0) is 25.8 Å². The number of nitrogens with one attached hydrogen (secondary N) is 1. The molecule has 7 atom stereocenters. The molecule has 0 bridgehead atoms. The lowest BCUT2D eigenvalue weighted by atomic mass is 9.44. The monoisotopic (exact) mass is 587 g/mol. The largest absolute Gasteiger partial charge is 0.493 e. The summed E-state index contributed by atoms with van der Waals surface area (Å²) in [5.74, 6) is 3.68. The normalized spacial score (nSPS) is 34.7. The zero-order valence-electron chi connectivity index (χ0n) is 26.2. The number of methoxy groups -OCH3 is 2. The van der Waals surface area contributed by atoms with E-state index in [1.54, 1.807) is 18.8 Å². The number of aliphatic hydroxyl groups is 1. The van der Waals surface area contributed by atoms with Gasteiger partial charge in [-0.2, -0.15) is 0 Å². The Bertz CT molecular complexity index is 1710. The van der Waals surface area contributed by atoms with Gasteiger partial charge < -0.3 is 14.6 Å². The number of aromatic amines is 1. The van der Waals surface area contributed by atoms with Crippen LogP contribution in [0, 0.1) is 34.5 Å². The molecule has 230 valence electrons. The lowest BCUT2D eigenvalue weighted by Gasteiger charge is -2.61. The summed E-state index contributed by atoms with van der Waals surface area (Å²) in [6.07, 6.45) is 9.07. The number of pyridine rings is 1. The molecule has 3 fully saturated rings. The van der Waals surface area contributed by atoms with Crippen molar-refractivity contribution in [2.45, 2.75) is 90.7 Å². The summed E-state index contributed by atoms with van der Waals surface area (Å²) in [5, 5.41) is 11.8. The van der Waals surface area contributed by atoms with Crippen molar-refractivity contribution in [1.82, 2.24) is 14.5 Å². The summed E-state index contributed by atoms with van der Waals surface area (Å²) in [6.45, 7) is 7.30. The van der Waals surface area contributed by atoms with Gasteiger partial charge in [-0.3, -0.25) is 14.3 Å². The Morgan fingerprint density at radius 3 is 2.53 bits per heavy atom. The fourth-order valence-electron chi connectivity index (χ4n) is 10.1. The van der Waals surface area contributed by atoms with Gasteiger partial charge in [0.1, 0.15) is 5.65 Å². The molecule has 0 radical (unpaired) electrons. The van der Waals surface area contributed by atoms with Gasteiger partial charge in [0.15, 0.2) is 11.5 Å². The lowest BCUT2D eigenvalue weighted by Crippen LogP contribution is -2.56. The van der Waals surface area contributed by atoms with E-state index in [9.17, 15) is 14.7 Å². The van der Waals surface area contributed by atoms with Gasteiger partial charge in [-0.1, -0.05) is 19.9 Å². The van der Waals surface area contributed by atoms with Crippen molar-refractivity contribution in [1.29, 1.82) is 0 Å². The second-order valence-corrected chi connectivity index (χ2v) is 14.6. The van der Waals surface area contributed by atoms with E-state index in [1.165, 1.54) is 12.8 Å². The van der Waals surface area contributed by atoms with Crippen molar-refractivity contribution in [2.24, 2.45) is 34.5 Å². The van der Waals surface area contributed by atoms with Crippen molar-refractivity contribution >= 4 is 11.0 Å². The summed E-state index contributed by atoms with van der Waals surface area (Å²) in [7, 11) is 3.21. The lowest BCUT2D eigenvalue weighted by molar-refractivity contribution is -0.139. The van der Waals surface area contributed by atoms with Gasteiger partial charge in [-0.05, 0) is 129 Å². The Labute approximate surface area is 252 Å². The Morgan fingerprint density at radius 2 is 1.77 bits per heavy atom. The van der Waals surface area contributed by atoms with Crippen molar-refractivity contribution < 1.29 is 14.6 Å². The van der Waals surface area contributed by atoms with Crippen LogP contribution in [0.3, 0.4) is 0 Å². The first kappa shape index (κ1) is 28.6. The Kier molecular flexibility index (Phi) is 6.62. The van der Waals surface area contributed by atoms with E-state index in [1.807, 2.05) is 24.3 Å². The third-order valence-electron chi connectivity index (χ3n) is 12.8. The Balaban J connectivity index is 1.21. The van der Waals surface area contributed by atoms with Gasteiger partial charge in [0.05, 0.1) is 25.2 Å². The van der Waals surface area contributed by atoms with Crippen LogP contribution < -0.4 is 20.7 Å². The predicted octanol–water partition coefficient (Wildman–Crippen LogP) is 5.05. The smallest absolute Gasteiger partial charge is 0.330 e. The third kappa shape index (κ3) is 4.22. The van der Waals surface area contributed by atoms with Crippen molar-refractivity contribution in [2.75, 3.05) is 14.2 Å². The van der Waals surface area contributed by atoms with Crippen molar-refractivity contribution in [3.05, 3.63) is 61.9 Å². The van der Waals surface area contributed by atoms with E-state index in [0.29, 0.717) is 59.2 Å². The van der Waals surface area contributed by atoms with Crippen LogP contribution in [-0.4, -0.2) is 39.5 Å². The van der Waals surface area contributed by atoms with E-state index < -0.39 is 11.3 Å². The molecular formula is C35H45N3O5. The minimum atomic E-state index is -0.571. The summed E-state index contributed by atoms with van der Waals surface area (Å²) in [5.41, 5.74) is 2.48. The molecule has 0 amide bonds. The number of hydrogen-bond donors (Lipinski definition) is 2. The van der Waals surface area contributed by atoms with Crippen LogP contribution in [0.5, 0.6) is 11.5 Å². The fourth-order valence-corrected chi connectivity index (χ4v) is 10.1. The van der Waals surface area contributed by atoms with E-state index in [-0.39, 0.29) is 16.4 Å². The van der Waals surface area contributed by atoms with Crippen LogP contribution in [0.2, 0.25) is 0 Å². The van der Waals surface area contributed by atoms with Gasteiger partial charge in [0.2, 0.25) is 0 Å². The first-order valence-electron chi connectivity index (χ1n) is 16.1. The van der Waals surface area contributed by atoms with Crippen molar-refractivity contribution in [3.8, 4) is 11.5 Å². The summed E-state index contributed by atoms with van der Waals surface area (Å²) < 4.78 is 12.4. The molecule has 2 aromatic heterocycles. The molecular weight excluding hydrogens is 542 g/mol. The topological polar surface area (TPSA) is 106 Å². The first-order valence-corrected chi connectivity index (χ1v) is 16.1. The zero-order valence-corrected chi connectivity index (χ0v) is 26.2. The molecule has 2 heterocycles. The molecule has 4 aliphatic rings. The number of fused-ring (bicyclic) bond motifs is 7. The molecule has 7 rings (SSSR count). The minimum absolute atomic E-state index is 0.00952. The van der Waals surface area contributed by atoms with E-state index >= 15 is 0 Å². The molecule has 1 aromatic carbocycles. The zero-order chi connectivity index (χ0) is 30.3. The van der Waals surface area contributed by atoms with Crippen LogP contribution in [0.25, 0.3) is 11.0 Å². The molecule has 2 N–H and O–H groups in total. The number of rotatable bonds is 5. The molecule has 0 aliphatic heterocycles. The summed E-state index contributed by atoms with van der Waals surface area (Å²) in [6, 6.07) is 7.78. The SMILES string of the molecule is COc1ccc(CCn2c(=O)[nH]c(=O)c3cc4c(nc32)CC2CCC3C(CCC5(C)C3CCC5(C)O)C2(C)C4)cc1OC. The third-order valence-corrected chi connectivity index (χ3v) is 12.8. The molecule has 8 nitrogen and oxygen atoms in total. The van der Waals surface area contributed by atoms with Gasteiger partial charge >= 0.3 is 5.69 Å². The summed E-state index contributed by atoms with van der Waals surface area (Å²) >= 11 is 0. The number of nitrogens with zero attached hydrogens (tertiary/aromatic N) is 2. The second-order valence-electron chi connectivity index (χ2n) is 14.6. The Morgan fingerprint density at radius 1 is 1.00 bits per heavy atom. The number of aromatic nitrogens is 3.